The first-order chi connectivity index (χ1) is 8.93. The minimum absolute atomic E-state index is 0.398. The molecule has 1 fully saturated rings. The molecule has 1 unspecified atom stereocenters. The highest BCUT2D eigenvalue weighted by Crippen LogP contribution is 2.35. The smallest absolute Gasteiger partial charge is 0.185 e. The fourth-order valence-electron chi connectivity index (χ4n) is 2.68. The number of thiazole rings is 1. The Labute approximate surface area is 121 Å². The lowest BCUT2D eigenvalue weighted by molar-refractivity contribution is 0.325. The SMILES string of the molecule is CNC(C)c1sc(N2CCCC(C)(C)CC2)nc1C. The summed E-state index contributed by atoms with van der Waals surface area (Å²) in [6, 6.07) is 0.398. The Morgan fingerprint density at radius 2 is 2.05 bits per heavy atom. The first kappa shape index (κ1) is 14.8. The maximum Gasteiger partial charge on any atom is 0.185 e. The molecule has 4 heteroatoms. The Morgan fingerprint density at radius 3 is 2.74 bits per heavy atom. The molecule has 2 rings (SSSR count). The monoisotopic (exact) mass is 281 g/mol. The fraction of sp³-hybridized carbons (Fsp3) is 0.800. The molecule has 1 aromatic rings. The first-order valence-corrected chi connectivity index (χ1v) is 8.14. The minimum atomic E-state index is 0.398. The number of aryl methyl sites for hydroxylation is 1. The second kappa shape index (κ2) is 5.80. The fourth-order valence-corrected chi connectivity index (χ4v) is 3.85. The summed E-state index contributed by atoms with van der Waals surface area (Å²) >= 11 is 1.86. The van der Waals surface area contributed by atoms with Gasteiger partial charge in [0.15, 0.2) is 5.13 Å². The van der Waals surface area contributed by atoms with Gasteiger partial charge >= 0.3 is 0 Å². The molecular formula is C15H27N3S. The van der Waals surface area contributed by atoms with Gasteiger partial charge in [0.25, 0.3) is 0 Å². The molecule has 1 N–H and O–H groups in total. The Balaban J connectivity index is 2.14. The third-order valence-electron chi connectivity index (χ3n) is 4.26. The summed E-state index contributed by atoms with van der Waals surface area (Å²) in [6.45, 7) is 11.4. The molecule has 1 aliphatic heterocycles. The maximum atomic E-state index is 4.80. The van der Waals surface area contributed by atoms with E-state index in [9.17, 15) is 0 Å². The summed E-state index contributed by atoms with van der Waals surface area (Å²) in [7, 11) is 2.01. The number of hydrogen-bond acceptors (Lipinski definition) is 4. The Bertz CT molecular complexity index is 425. The lowest BCUT2D eigenvalue weighted by Gasteiger charge is -2.23. The van der Waals surface area contributed by atoms with Crippen molar-refractivity contribution in [2.24, 2.45) is 5.41 Å². The van der Waals surface area contributed by atoms with Crippen molar-refractivity contribution in [2.45, 2.75) is 53.0 Å². The van der Waals surface area contributed by atoms with Crippen molar-refractivity contribution in [3.8, 4) is 0 Å². The zero-order valence-corrected chi connectivity index (χ0v) is 13.7. The quantitative estimate of drug-likeness (QED) is 0.914. The summed E-state index contributed by atoms with van der Waals surface area (Å²) in [5.74, 6) is 0. The number of rotatable bonds is 3. The molecule has 0 amide bonds. The maximum absolute atomic E-state index is 4.80. The van der Waals surface area contributed by atoms with Crippen LogP contribution in [-0.4, -0.2) is 25.1 Å². The van der Waals surface area contributed by atoms with Crippen LogP contribution in [-0.2, 0) is 0 Å². The average Bonchev–Trinajstić information content (AvgIpc) is 2.64. The molecule has 2 heterocycles. The van der Waals surface area contributed by atoms with Gasteiger partial charge in [-0.2, -0.15) is 0 Å². The number of anilines is 1. The molecular weight excluding hydrogens is 254 g/mol. The van der Waals surface area contributed by atoms with E-state index in [1.165, 1.54) is 35.0 Å². The van der Waals surface area contributed by atoms with Crippen LogP contribution in [0, 0.1) is 12.3 Å². The summed E-state index contributed by atoms with van der Waals surface area (Å²) in [5, 5.41) is 4.53. The Kier molecular flexibility index (Phi) is 4.51. The molecule has 3 nitrogen and oxygen atoms in total. The van der Waals surface area contributed by atoms with Crippen molar-refractivity contribution in [1.29, 1.82) is 0 Å². The van der Waals surface area contributed by atoms with Crippen LogP contribution in [0.3, 0.4) is 0 Å². The predicted molar refractivity (Wildman–Crippen MR) is 84.2 cm³/mol. The highest BCUT2D eigenvalue weighted by atomic mass is 32.1. The van der Waals surface area contributed by atoms with Gasteiger partial charge in [0.2, 0.25) is 0 Å². The van der Waals surface area contributed by atoms with Gasteiger partial charge in [-0.15, -0.1) is 11.3 Å². The van der Waals surface area contributed by atoms with Crippen molar-refractivity contribution in [2.75, 3.05) is 25.0 Å². The first-order valence-electron chi connectivity index (χ1n) is 7.32. The number of hydrogen-bond donors (Lipinski definition) is 1. The molecule has 1 aliphatic rings. The molecule has 1 atom stereocenters. The van der Waals surface area contributed by atoms with Gasteiger partial charge < -0.3 is 10.2 Å². The van der Waals surface area contributed by atoms with Crippen molar-refractivity contribution in [3.63, 3.8) is 0 Å². The molecule has 0 aliphatic carbocycles. The van der Waals surface area contributed by atoms with E-state index in [1.54, 1.807) is 0 Å². The van der Waals surface area contributed by atoms with E-state index in [-0.39, 0.29) is 0 Å². The molecule has 0 bridgehead atoms. The van der Waals surface area contributed by atoms with Crippen LogP contribution in [0.25, 0.3) is 0 Å². The lowest BCUT2D eigenvalue weighted by Crippen LogP contribution is -2.24. The van der Waals surface area contributed by atoms with Crippen molar-refractivity contribution >= 4 is 16.5 Å². The highest BCUT2D eigenvalue weighted by molar-refractivity contribution is 7.15. The van der Waals surface area contributed by atoms with Crippen LogP contribution in [0.2, 0.25) is 0 Å². The number of aromatic nitrogens is 1. The molecule has 0 spiro atoms. The van der Waals surface area contributed by atoms with Gasteiger partial charge in [0.1, 0.15) is 0 Å². The van der Waals surface area contributed by atoms with E-state index in [4.69, 9.17) is 4.98 Å². The molecule has 0 aromatic carbocycles. The van der Waals surface area contributed by atoms with E-state index in [2.05, 4.69) is 37.9 Å². The van der Waals surface area contributed by atoms with Crippen LogP contribution in [0.1, 0.15) is 56.6 Å². The van der Waals surface area contributed by atoms with E-state index in [0.29, 0.717) is 11.5 Å². The zero-order chi connectivity index (χ0) is 14.0. The number of nitrogens with zero attached hydrogens (tertiary/aromatic N) is 2. The molecule has 19 heavy (non-hydrogen) atoms. The van der Waals surface area contributed by atoms with E-state index >= 15 is 0 Å². The second-order valence-corrected chi connectivity index (χ2v) is 7.47. The van der Waals surface area contributed by atoms with E-state index < -0.39 is 0 Å². The molecule has 0 saturated carbocycles. The second-order valence-electron chi connectivity index (χ2n) is 6.46. The van der Waals surface area contributed by atoms with Gasteiger partial charge in [-0.25, -0.2) is 4.98 Å². The van der Waals surface area contributed by atoms with E-state index in [1.807, 2.05) is 18.4 Å². The van der Waals surface area contributed by atoms with Gasteiger partial charge in [0, 0.05) is 24.0 Å². The van der Waals surface area contributed by atoms with Gasteiger partial charge in [0.05, 0.1) is 5.69 Å². The zero-order valence-electron chi connectivity index (χ0n) is 12.9. The van der Waals surface area contributed by atoms with Crippen LogP contribution < -0.4 is 10.2 Å². The molecule has 0 radical (unpaired) electrons. The standard InChI is InChI=1S/C15H27N3S/c1-11(16-5)13-12(2)17-14(19-13)18-9-6-7-15(3,4)8-10-18/h11,16H,6-10H2,1-5H3. The van der Waals surface area contributed by atoms with Crippen LogP contribution in [0.5, 0.6) is 0 Å². The van der Waals surface area contributed by atoms with Gasteiger partial charge in [-0.1, -0.05) is 13.8 Å². The predicted octanol–water partition coefficient (Wildman–Crippen LogP) is 3.75. The summed E-state index contributed by atoms with van der Waals surface area (Å²) in [5.41, 5.74) is 1.67. The summed E-state index contributed by atoms with van der Waals surface area (Å²) < 4.78 is 0. The van der Waals surface area contributed by atoms with Crippen molar-refractivity contribution in [3.05, 3.63) is 10.6 Å². The molecule has 1 saturated heterocycles. The third-order valence-corrected chi connectivity index (χ3v) is 5.66. The van der Waals surface area contributed by atoms with Gasteiger partial charge in [-0.05, 0) is 45.6 Å². The molecule has 1 aromatic heterocycles. The topological polar surface area (TPSA) is 28.2 Å². The van der Waals surface area contributed by atoms with Gasteiger partial charge in [-0.3, -0.25) is 0 Å². The van der Waals surface area contributed by atoms with Crippen molar-refractivity contribution < 1.29 is 0 Å². The summed E-state index contributed by atoms with van der Waals surface area (Å²) in [6.07, 6.45) is 3.87. The minimum Gasteiger partial charge on any atom is -0.348 e. The van der Waals surface area contributed by atoms with Crippen molar-refractivity contribution in [1.82, 2.24) is 10.3 Å². The highest BCUT2D eigenvalue weighted by Gasteiger charge is 2.25. The van der Waals surface area contributed by atoms with Crippen LogP contribution in [0.4, 0.5) is 5.13 Å². The molecule has 108 valence electrons. The van der Waals surface area contributed by atoms with Crippen LogP contribution in [0.15, 0.2) is 0 Å². The third kappa shape index (κ3) is 3.48. The van der Waals surface area contributed by atoms with E-state index in [0.717, 1.165) is 13.1 Å². The normalized spacial score (nSPS) is 21.2. The largest absolute Gasteiger partial charge is 0.348 e. The lowest BCUT2D eigenvalue weighted by atomic mass is 9.85. The summed E-state index contributed by atoms with van der Waals surface area (Å²) in [4.78, 5) is 8.66. The Morgan fingerprint density at radius 1 is 1.32 bits per heavy atom. The average molecular weight is 281 g/mol. The van der Waals surface area contributed by atoms with Crippen LogP contribution >= 0.6 is 11.3 Å². The number of nitrogens with one attached hydrogen (secondary N) is 1. The Hall–Kier alpha value is -0.610.